The first kappa shape index (κ1) is 12.8. The van der Waals surface area contributed by atoms with Crippen LogP contribution < -0.4 is 10.1 Å². The minimum atomic E-state index is 0.465. The normalized spacial score (nSPS) is 14.8. The molecule has 0 spiro atoms. The zero-order chi connectivity index (χ0) is 12.3. The Morgan fingerprint density at radius 2 is 2.18 bits per heavy atom. The summed E-state index contributed by atoms with van der Waals surface area (Å²) in [6.07, 6.45) is 3.73. The van der Waals surface area contributed by atoms with E-state index in [9.17, 15) is 0 Å². The van der Waals surface area contributed by atoms with Gasteiger partial charge in [-0.1, -0.05) is 36.0 Å². The number of hydrogen-bond acceptors (Lipinski definition) is 3. The standard InChI is InChI=1S/C12H16Cl2N2O/c1-2-15-11-9(13)7-10(14)12(16-11)17-6-5-8-3-4-8/h7-8H,2-6H2,1H3,(H,15,16). The number of nitrogens with zero attached hydrogens (tertiary/aromatic N) is 1. The van der Waals surface area contributed by atoms with E-state index in [0.29, 0.717) is 28.3 Å². The third-order valence-corrected chi connectivity index (χ3v) is 3.26. The first-order valence-electron chi connectivity index (χ1n) is 5.93. The highest BCUT2D eigenvalue weighted by molar-refractivity contribution is 6.36. The summed E-state index contributed by atoms with van der Waals surface area (Å²) in [7, 11) is 0. The molecule has 1 fully saturated rings. The zero-order valence-corrected chi connectivity index (χ0v) is 11.3. The smallest absolute Gasteiger partial charge is 0.234 e. The number of pyridine rings is 1. The maximum Gasteiger partial charge on any atom is 0.234 e. The topological polar surface area (TPSA) is 34.2 Å². The Hall–Kier alpha value is -0.670. The molecule has 94 valence electrons. The molecule has 0 aliphatic heterocycles. The number of hydrogen-bond donors (Lipinski definition) is 1. The summed E-state index contributed by atoms with van der Waals surface area (Å²) in [5.41, 5.74) is 0. The van der Waals surface area contributed by atoms with Crippen molar-refractivity contribution in [1.82, 2.24) is 4.98 Å². The molecule has 1 saturated carbocycles. The van der Waals surface area contributed by atoms with Crippen molar-refractivity contribution in [3.63, 3.8) is 0 Å². The van der Waals surface area contributed by atoms with Gasteiger partial charge in [-0.05, 0) is 25.3 Å². The van der Waals surface area contributed by atoms with Crippen molar-refractivity contribution in [2.75, 3.05) is 18.5 Å². The Morgan fingerprint density at radius 3 is 2.82 bits per heavy atom. The Kier molecular flexibility index (Phi) is 4.35. The fraction of sp³-hybridized carbons (Fsp3) is 0.583. The zero-order valence-electron chi connectivity index (χ0n) is 9.80. The number of rotatable bonds is 6. The molecule has 0 amide bonds. The van der Waals surface area contributed by atoms with Gasteiger partial charge in [0.1, 0.15) is 10.8 Å². The van der Waals surface area contributed by atoms with Gasteiger partial charge in [-0.2, -0.15) is 4.98 Å². The van der Waals surface area contributed by atoms with Crippen molar-refractivity contribution >= 4 is 29.0 Å². The van der Waals surface area contributed by atoms with Crippen LogP contribution in [0.5, 0.6) is 5.88 Å². The van der Waals surface area contributed by atoms with E-state index in [0.717, 1.165) is 18.9 Å². The molecule has 0 bridgehead atoms. The number of aromatic nitrogens is 1. The van der Waals surface area contributed by atoms with Crippen molar-refractivity contribution < 1.29 is 4.74 Å². The van der Waals surface area contributed by atoms with E-state index in [-0.39, 0.29) is 0 Å². The van der Waals surface area contributed by atoms with Crippen LogP contribution in [-0.4, -0.2) is 18.1 Å². The lowest BCUT2D eigenvalue weighted by molar-refractivity contribution is 0.292. The van der Waals surface area contributed by atoms with Gasteiger partial charge < -0.3 is 10.1 Å². The second-order valence-electron chi connectivity index (χ2n) is 4.22. The predicted molar refractivity (Wildman–Crippen MR) is 71.3 cm³/mol. The monoisotopic (exact) mass is 274 g/mol. The van der Waals surface area contributed by atoms with Gasteiger partial charge in [-0.25, -0.2) is 0 Å². The van der Waals surface area contributed by atoms with Crippen LogP contribution in [0, 0.1) is 5.92 Å². The van der Waals surface area contributed by atoms with Crippen molar-refractivity contribution in [2.24, 2.45) is 5.92 Å². The van der Waals surface area contributed by atoms with Crippen LogP contribution in [0.25, 0.3) is 0 Å². The van der Waals surface area contributed by atoms with Gasteiger partial charge in [0, 0.05) is 6.54 Å². The summed E-state index contributed by atoms with van der Waals surface area (Å²) in [4.78, 5) is 4.28. The molecule has 0 radical (unpaired) electrons. The Morgan fingerprint density at radius 1 is 1.41 bits per heavy atom. The van der Waals surface area contributed by atoms with Gasteiger partial charge in [0.25, 0.3) is 0 Å². The highest BCUT2D eigenvalue weighted by Gasteiger charge is 2.21. The van der Waals surface area contributed by atoms with E-state index in [1.807, 2.05) is 6.92 Å². The van der Waals surface area contributed by atoms with Crippen LogP contribution in [0.1, 0.15) is 26.2 Å². The van der Waals surface area contributed by atoms with Crippen LogP contribution in [0.2, 0.25) is 10.0 Å². The van der Waals surface area contributed by atoms with Crippen molar-refractivity contribution in [1.29, 1.82) is 0 Å². The third kappa shape index (κ3) is 3.65. The minimum Gasteiger partial charge on any atom is -0.477 e. The van der Waals surface area contributed by atoms with Gasteiger partial charge in [0.05, 0.1) is 11.6 Å². The molecule has 1 aliphatic carbocycles. The molecule has 3 nitrogen and oxygen atoms in total. The summed E-state index contributed by atoms with van der Waals surface area (Å²) in [5, 5.41) is 4.06. The van der Waals surface area contributed by atoms with Crippen molar-refractivity contribution in [3.05, 3.63) is 16.1 Å². The summed E-state index contributed by atoms with van der Waals surface area (Å²) in [5.74, 6) is 1.93. The number of ether oxygens (including phenoxy) is 1. The fourth-order valence-corrected chi connectivity index (χ4v) is 2.05. The number of halogens is 2. The predicted octanol–water partition coefficient (Wildman–Crippen LogP) is 4.00. The van der Waals surface area contributed by atoms with E-state index in [1.165, 1.54) is 12.8 Å². The maximum absolute atomic E-state index is 6.03. The molecule has 1 N–H and O–H groups in total. The lowest BCUT2D eigenvalue weighted by atomic mass is 10.3. The lowest BCUT2D eigenvalue weighted by Gasteiger charge is -2.10. The van der Waals surface area contributed by atoms with Crippen LogP contribution in [-0.2, 0) is 0 Å². The number of nitrogens with one attached hydrogen (secondary N) is 1. The average molecular weight is 275 g/mol. The molecule has 0 saturated heterocycles. The van der Waals surface area contributed by atoms with Gasteiger partial charge in [-0.3, -0.25) is 0 Å². The van der Waals surface area contributed by atoms with E-state index < -0.39 is 0 Å². The van der Waals surface area contributed by atoms with Crippen LogP contribution in [0.3, 0.4) is 0 Å². The largest absolute Gasteiger partial charge is 0.477 e. The van der Waals surface area contributed by atoms with Crippen LogP contribution in [0.15, 0.2) is 6.07 Å². The van der Waals surface area contributed by atoms with Crippen LogP contribution >= 0.6 is 23.2 Å². The summed E-state index contributed by atoms with van der Waals surface area (Å²) < 4.78 is 5.59. The van der Waals surface area contributed by atoms with Gasteiger partial charge in [0.2, 0.25) is 5.88 Å². The number of anilines is 1. The summed E-state index contributed by atoms with van der Waals surface area (Å²) in [6.45, 7) is 3.42. The van der Waals surface area contributed by atoms with Crippen LogP contribution in [0.4, 0.5) is 5.82 Å². The lowest BCUT2D eigenvalue weighted by Crippen LogP contribution is -2.04. The molecule has 0 unspecified atom stereocenters. The highest BCUT2D eigenvalue weighted by atomic mass is 35.5. The van der Waals surface area contributed by atoms with E-state index >= 15 is 0 Å². The Labute approximate surface area is 111 Å². The second-order valence-corrected chi connectivity index (χ2v) is 5.03. The SMILES string of the molecule is CCNc1nc(OCCC2CC2)c(Cl)cc1Cl. The molecule has 1 aromatic heterocycles. The van der Waals surface area contributed by atoms with E-state index in [1.54, 1.807) is 6.07 Å². The molecule has 2 rings (SSSR count). The molecule has 17 heavy (non-hydrogen) atoms. The van der Waals surface area contributed by atoms with E-state index in [4.69, 9.17) is 27.9 Å². The molecule has 1 heterocycles. The van der Waals surface area contributed by atoms with Crippen molar-refractivity contribution in [3.8, 4) is 5.88 Å². The second kappa shape index (κ2) is 5.78. The molecular formula is C12H16Cl2N2O. The minimum absolute atomic E-state index is 0.465. The van der Waals surface area contributed by atoms with Gasteiger partial charge >= 0.3 is 0 Å². The molecule has 0 aromatic carbocycles. The Balaban J connectivity index is 2.00. The average Bonchev–Trinajstić information content (AvgIpc) is 3.08. The summed E-state index contributed by atoms with van der Waals surface area (Å²) >= 11 is 12.0. The van der Waals surface area contributed by atoms with Gasteiger partial charge in [-0.15, -0.1) is 0 Å². The van der Waals surface area contributed by atoms with Crippen molar-refractivity contribution in [2.45, 2.75) is 26.2 Å². The van der Waals surface area contributed by atoms with Gasteiger partial charge in [0.15, 0.2) is 0 Å². The molecule has 1 aliphatic rings. The molecule has 0 atom stereocenters. The molecule has 1 aromatic rings. The summed E-state index contributed by atoms with van der Waals surface area (Å²) in [6, 6.07) is 1.67. The van der Waals surface area contributed by atoms with E-state index in [2.05, 4.69) is 10.3 Å². The quantitative estimate of drug-likeness (QED) is 0.852. The third-order valence-electron chi connectivity index (χ3n) is 2.70. The molecular weight excluding hydrogens is 259 g/mol. The maximum atomic E-state index is 6.03. The fourth-order valence-electron chi connectivity index (χ4n) is 1.57. The Bertz CT molecular complexity index is 394. The molecule has 5 heteroatoms. The first-order chi connectivity index (χ1) is 8.20. The highest BCUT2D eigenvalue weighted by Crippen LogP contribution is 2.34. The first-order valence-corrected chi connectivity index (χ1v) is 6.69.